The number of halogens is 5. The average molecular weight is 456 g/mol. The zero-order chi connectivity index (χ0) is 22.6. The molecule has 32 heavy (non-hydrogen) atoms. The maximum Gasteiger partial charge on any atom is 0.416 e. The molecule has 0 aliphatic carbocycles. The second kappa shape index (κ2) is 7.50. The second-order valence-electron chi connectivity index (χ2n) is 7.95. The van der Waals surface area contributed by atoms with E-state index in [0.717, 1.165) is 31.5 Å². The van der Waals surface area contributed by atoms with E-state index < -0.39 is 30.4 Å². The van der Waals surface area contributed by atoms with Crippen LogP contribution in [0.2, 0.25) is 0 Å². The molecule has 5 heterocycles. The van der Waals surface area contributed by atoms with Crippen molar-refractivity contribution in [2.24, 2.45) is 11.8 Å². The number of carbonyl (C=O) groups excluding carboxylic acids is 1. The van der Waals surface area contributed by atoms with Crippen LogP contribution in [0.15, 0.2) is 18.5 Å². The number of aromatic nitrogens is 3. The van der Waals surface area contributed by atoms with Crippen molar-refractivity contribution in [3.8, 4) is 11.4 Å². The maximum absolute atomic E-state index is 13.7. The van der Waals surface area contributed by atoms with Gasteiger partial charge < -0.3 is 15.0 Å². The van der Waals surface area contributed by atoms with E-state index in [2.05, 4.69) is 30.3 Å². The quantitative estimate of drug-likeness (QED) is 0.686. The number of nitrogens with one attached hydrogen (secondary N) is 2. The van der Waals surface area contributed by atoms with Gasteiger partial charge in [0.05, 0.1) is 16.8 Å². The number of carbonyl (C=O) groups is 1. The lowest BCUT2D eigenvalue weighted by atomic mass is 10.0. The lowest BCUT2D eigenvalue weighted by Crippen LogP contribution is -2.30. The van der Waals surface area contributed by atoms with Crippen molar-refractivity contribution in [2.45, 2.75) is 18.7 Å². The van der Waals surface area contributed by atoms with E-state index in [1.165, 1.54) is 0 Å². The molecule has 13 heteroatoms. The minimum absolute atomic E-state index is 0.0888. The SMILES string of the molecule is O=C1Nc2ncnc(-c3cc(C(F)(F)F)cc(N4C[C@H]5CNC[C@H]5C4)n3)c2[C@H](C(F)F)O1. The molecule has 5 rings (SSSR count). The highest BCUT2D eigenvalue weighted by molar-refractivity contribution is 5.88. The van der Waals surface area contributed by atoms with Gasteiger partial charge in [-0.2, -0.15) is 13.2 Å². The van der Waals surface area contributed by atoms with Crippen LogP contribution in [-0.2, 0) is 10.9 Å². The standard InChI is InChI=1S/C19H17F5N6O2/c20-16(21)15-13-14(26-7-27-17(13)29-18(31)32-15)11-1-10(19(22,23)24)2-12(28-11)30-5-8-3-25-4-9(8)6-30/h1-2,7-9,15-16,25H,3-6H2,(H,26,27,29,31)/t8-,9+,15-/m1/s1. The van der Waals surface area contributed by atoms with Crippen LogP contribution in [-0.4, -0.2) is 53.6 Å². The van der Waals surface area contributed by atoms with Gasteiger partial charge in [-0.1, -0.05) is 0 Å². The summed E-state index contributed by atoms with van der Waals surface area (Å²) in [6, 6.07) is 1.71. The second-order valence-corrected chi connectivity index (χ2v) is 7.95. The van der Waals surface area contributed by atoms with Crippen LogP contribution < -0.4 is 15.5 Å². The molecule has 2 saturated heterocycles. The van der Waals surface area contributed by atoms with Crippen LogP contribution in [0, 0.1) is 11.8 Å². The molecule has 2 N–H and O–H groups in total. The Morgan fingerprint density at radius 2 is 1.84 bits per heavy atom. The van der Waals surface area contributed by atoms with Crippen LogP contribution in [0.5, 0.6) is 0 Å². The Morgan fingerprint density at radius 1 is 1.12 bits per heavy atom. The lowest BCUT2D eigenvalue weighted by molar-refractivity contribution is -0.137. The number of alkyl halides is 5. The first-order chi connectivity index (χ1) is 15.2. The van der Waals surface area contributed by atoms with Gasteiger partial charge in [-0.25, -0.2) is 28.5 Å². The molecular formula is C19H17F5N6O2. The van der Waals surface area contributed by atoms with Crippen molar-refractivity contribution in [1.82, 2.24) is 20.3 Å². The zero-order valence-electron chi connectivity index (χ0n) is 16.4. The zero-order valence-corrected chi connectivity index (χ0v) is 16.4. The van der Waals surface area contributed by atoms with Gasteiger partial charge in [-0.05, 0) is 24.0 Å². The van der Waals surface area contributed by atoms with E-state index in [9.17, 15) is 26.7 Å². The summed E-state index contributed by atoms with van der Waals surface area (Å²) >= 11 is 0. The Bertz CT molecular complexity index is 1050. The molecule has 2 aromatic rings. The fraction of sp³-hybridized carbons (Fsp3) is 0.474. The van der Waals surface area contributed by atoms with E-state index in [1.54, 1.807) is 4.90 Å². The summed E-state index contributed by atoms with van der Waals surface area (Å²) < 4.78 is 73.0. The fourth-order valence-corrected chi connectivity index (χ4v) is 4.45. The van der Waals surface area contributed by atoms with Crippen molar-refractivity contribution in [2.75, 3.05) is 36.4 Å². The first kappa shape index (κ1) is 20.8. The summed E-state index contributed by atoms with van der Waals surface area (Å²) in [5.41, 5.74) is -1.81. The predicted molar refractivity (Wildman–Crippen MR) is 101 cm³/mol. The third kappa shape index (κ3) is 3.59. The molecule has 3 aliphatic rings. The predicted octanol–water partition coefficient (Wildman–Crippen LogP) is 3.08. The summed E-state index contributed by atoms with van der Waals surface area (Å²) in [6.07, 6.45) is -10.0. The van der Waals surface area contributed by atoms with E-state index >= 15 is 0 Å². The van der Waals surface area contributed by atoms with Gasteiger partial charge in [0.2, 0.25) is 0 Å². The van der Waals surface area contributed by atoms with E-state index in [0.29, 0.717) is 24.9 Å². The monoisotopic (exact) mass is 456 g/mol. The summed E-state index contributed by atoms with van der Waals surface area (Å²) in [5.74, 6) is 0.437. The summed E-state index contributed by atoms with van der Waals surface area (Å²) in [5, 5.41) is 5.44. The van der Waals surface area contributed by atoms with E-state index in [4.69, 9.17) is 0 Å². The van der Waals surface area contributed by atoms with Crippen molar-refractivity contribution < 1.29 is 31.5 Å². The fourth-order valence-electron chi connectivity index (χ4n) is 4.45. The molecule has 0 saturated carbocycles. The highest BCUT2D eigenvalue weighted by atomic mass is 19.4. The van der Waals surface area contributed by atoms with Crippen molar-refractivity contribution in [3.05, 3.63) is 29.6 Å². The van der Waals surface area contributed by atoms with Gasteiger partial charge in [-0.3, -0.25) is 5.32 Å². The van der Waals surface area contributed by atoms with Crippen molar-refractivity contribution in [3.63, 3.8) is 0 Å². The molecular weight excluding hydrogens is 439 g/mol. The van der Waals surface area contributed by atoms with Crippen molar-refractivity contribution in [1.29, 1.82) is 0 Å². The summed E-state index contributed by atoms with van der Waals surface area (Å²) in [6.45, 7) is 2.62. The molecule has 3 aliphatic heterocycles. The van der Waals surface area contributed by atoms with E-state index in [-0.39, 0.29) is 28.6 Å². The molecule has 0 radical (unpaired) electrons. The summed E-state index contributed by atoms with van der Waals surface area (Å²) in [7, 11) is 0. The van der Waals surface area contributed by atoms with Crippen LogP contribution in [0.3, 0.4) is 0 Å². The van der Waals surface area contributed by atoms with Gasteiger partial charge in [0.1, 0.15) is 23.7 Å². The number of nitrogens with zero attached hydrogens (tertiary/aromatic N) is 4. The molecule has 0 aromatic carbocycles. The third-order valence-electron chi connectivity index (χ3n) is 5.95. The molecule has 8 nitrogen and oxygen atoms in total. The highest BCUT2D eigenvalue weighted by Crippen LogP contribution is 2.41. The highest BCUT2D eigenvalue weighted by Gasteiger charge is 2.40. The third-order valence-corrected chi connectivity index (χ3v) is 5.95. The Kier molecular flexibility index (Phi) is 4.87. The van der Waals surface area contributed by atoms with Crippen LogP contribution in [0.1, 0.15) is 17.2 Å². The molecule has 170 valence electrons. The number of anilines is 2. The van der Waals surface area contributed by atoms with Gasteiger partial charge in [0, 0.05) is 26.2 Å². The topological polar surface area (TPSA) is 92.3 Å². The number of ether oxygens (including phenoxy) is 1. The minimum Gasteiger partial charge on any atom is -0.435 e. The molecule has 2 aromatic heterocycles. The Morgan fingerprint density at radius 3 is 2.50 bits per heavy atom. The number of hydrogen-bond donors (Lipinski definition) is 2. The largest absolute Gasteiger partial charge is 0.435 e. The Hall–Kier alpha value is -3.09. The number of pyridine rings is 1. The Balaban J connectivity index is 1.63. The normalized spacial score (nSPS) is 24.9. The number of cyclic esters (lactones) is 1. The first-order valence-corrected chi connectivity index (χ1v) is 9.86. The van der Waals surface area contributed by atoms with Gasteiger partial charge in [0.25, 0.3) is 6.43 Å². The van der Waals surface area contributed by atoms with E-state index in [1.807, 2.05) is 0 Å². The maximum atomic E-state index is 13.7. The number of amides is 1. The van der Waals surface area contributed by atoms with Crippen LogP contribution in [0.4, 0.5) is 38.4 Å². The molecule has 1 amide bonds. The molecule has 0 bridgehead atoms. The van der Waals surface area contributed by atoms with Gasteiger partial charge >= 0.3 is 12.3 Å². The summed E-state index contributed by atoms with van der Waals surface area (Å²) in [4.78, 5) is 25.4. The number of rotatable bonds is 3. The molecule has 2 fully saturated rings. The van der Waals surface area contributed by atoms with Crippen LogP contribution in [0.25, 0.3) is 11.4 Å². The van der Waals surface area contributed by atoms with Gasteiger partial charge in [-0.15, -0.1) is 0 Å². The molecule has 0 spiro atoms. The van der Waals surface area contributed by atoms with Crippen LogP contribution >= 0.6 is 0 Å². The van der Waals surface area contributed by atoms with Gasteiger partial charge in [0.15, 0.2) is 6.10 Å². The average Bonchev–Trinajstić information content (AvgIpc) is 3.34. The van der Waals surface area contributed by atoms with Crippen molar-refractivity contribution >= 4 is 17.7 Å². The number of hydrogen-bond acceptors (Lipinski definition) is 7. The smallest absolute Gasteiger partial charge is 0.416 e. The minimum atomic E-state index is -4.69. The number of fused-ring (bicyclic) bond motifs is 2. The Labute approximate surface area is 178 Å². The first-order valence-electron chi connectivity index (χ1n) is 9.86. The molecule has 3 atom stereocenters. The molecule has 0 unspecified atom stereocenters. The lowest BCUT2D eigenvalue weighted by Gasteiger charge is -2.26.